The molecule has 0 saturated heterocycles. The van der Waals surface area contributed by atoms with Gasteiger partial charge in [0.05, 0.1) is 11.5 Å². The van der Waals surface area contributed by atoms with E-state index >= 15 is 0 Å². The predicted molar refractivity (Wildman–Crippen MR) is 121 cm³/mol. The SMILES string of the molecule is Cc1ccc(CN(Cc2ccc(F)cc2)C(=O)CN(C(=O)c2ccc([N+](=O)[O-])cc2)C2CC2)o1. The van der Waals surface area contributed by atoms with E-state index in [0.29, 0.717) is 5.76 Å². The number of halogens is 1. The Labute approximate surface area is 195 Å². The van der Waals surface area contributed by atoms with E-state index in [1.165, 1.54) is 41.3 Å². The van der Waals surface area contributed by atoms with Gasteiger partial charge in [0.2, 0.25) is 5.91 Å². The van der Waals surface area contributed by atoms with Crippen LogP contribution in [0.15, 0.2) is 65.1 Å². The number of nitro benzene ring substituents is 1. The number of rotatable bonds is 9. The van der Waals surface area contributed by atoms with Crippen LogP contribution in [0.25, 0.3) is 0 Å². The third kappa shape index (κ3) is 5.67. The minimum atomic E-state index is -0.528. The van der Waals surface area contributed by atoms with Crippen molar-refractivity contribution < 1.29 is 23.3 Å². The van der Waals surface area contributed by atoms with Gasteiger partial charge < -0.3 is 14.2 Å². The molecule has 3 aromatic rings. The number of carbonyl (C=O) groups is 2. The Hall–Kier alpha value is -4.01. The van der Waals surface area contributed by atoms with Gasteiger partial charge in [-0.1, -0.05) is 12.1 Å². The van der Waals surface area contributed by atoms with Gasteiger partial charge in [0.1, 0.15) is 23.9 Å². The molecule has 9 heteroatoms. The van der Waals surface area contributed by atoms with E-state index in [-0.39, 0.29) is 54.6 Å². The fourth-order valence-electron chi connectivity index (χ4n) is 3.69. The number of hydrogen-bond acceptors (Lipinski definition) is 5. The number of nitro groups is 1. The summed E-state index contributed by atoms with van der Waals surface area (Å²) in [6.07, 6.45) is 1.59. The topological polar surface area (TPSA) is 96.9 Å². The molecule has 34 heavy (non-hydrogen) atoms. The smallest absolute Gasteiger partial charge is 0.269 e. The molecule has 2 amide bonds. The van der Waals surface area contributed by atoms with Gasteiger partial charge >= 0.3 is 0 Å². The zero-order valence-electron chi connectivity index (χ0n) is 18.6. The Morgan fingerprint density at radius 3 is 2.26 bits per heavy atom. The van der Waals surface area contributed by atoms with Crippen molar-refractivity contribution in [3.8, 4) is 0 Å². The molecule has 1 heterocycles. The molecule has 176 valence electrons. The van der Waals surface area contributed by atoms with Crippen LogP contribution in [0.4, 0.5) is 10.1 Å². The fraction of sp³-hybridized carbons (Fsp3) is 0.280. The van der Waals surface area contributed by atoms with Gasteiger partial charge in [-0.05, 0) is 61.7 Å². The lowest BCUT2D eigenvalue weighted by Gasteiger charge is -2.27. The average molecular weight is 465 g/mol. The van der Waals surface area contributed by atoms with Gasteiger partial charge in [-0.25, -0.2) is 4.39 Å². The Morgan fingerprint density at radius 1 is 1.03 bits per heavy atom. The summed E-state index contributed by atoms with van der Waals surface area (Å²) in [5, 5.41) is 10.9. The maximum Gasteiger partial charge on any atom is 0.269 e. The Morgan fingerprint density at radius 2 is 1.71 bits per heavy atom. The highest BCUT2D eigenvalue weighted by Crippen LogP contribution is 2.29. The van der Waals surface area contributed by atoms with Crippen LogP contribution in [-0.4, -0.2) is 39.1 Å². The van der Waals surface area contributed by atoms with Crippen molar-refractivity contribution in [3.63, 3.8) is 0 Å². The zero-order chi connectivity index (χ0) is 24.2. The van der Waals surface area contributed by atoms with Gasteiger partial charge in [0, 0.05) is 30.3 Å². The minimum absolute atomic E-state index is 0.0508. The van der Waals surface area contributed by atoms with Crippen molar-refractivity contribution in [1.82, 2.24) is 9.80 Å². The third-order valence-electron chi connectivity index (χ3n) is 5.66. The minimum Gasteiger partial charge on any atom is -0.464 e. The molecule has 1 saturated carbocycles. The highest BCUT2D eigenvalue weighted by Gasteiger charge is 2.35. The summed E-state index contributed by atoms with van der Waals surface area (Å²) in [6.45, 7) is 2.10. The summed E-state index contributed by atoms with van der Waals surface area (Å²) in [4.78, 5) is 40.0. The van der Waals surface area contributed by atoms with E-state index in [2.05, 4.69) is 0 Å². The van der Waals surface area contributed by atoms with Crippen LogP contribution in [0, 0.1) is 22.9 Å². The van der Waals surface area contributed by atoms with Crippen molar-refractivity contribution in [2.45, 2.75) is 38.9 Å². The molecule has 1 aliphatic carbocycles. The van der Waals surface area contributed by atoms with Crippen LogP contribution in [0.3, 0.4) is 0 Å². The molecule has 2 aromatic carbocycles. The molecular weight excluding hydrogens is 441 g/mol. The molecule has 1 fully saturated rings. The largest absolute Gasteiger partial charge is 0.464 e. The van der Waals surface area contributed by atoms with E-state index in [1.54, 1.807) is 23.1 Å². The maximum atomic E-state index is 13.4. The lowest BCUT2D eigenvalue weighted by Crippen LogP contribution is -2.43. The Balaban J connectivity index is 1.53. The van der Waals surface area contributed by atoms with Crippen LogP contribution in [0.2, 0.25) is 0 Å². The number of non-ortho nitro benzene ring substituents is 1. The lowest BCUT2D eigenvalue weighted by atomic mass is 10.1. The summed E-state index contributed by atoms with van der Waals surface area (Å²) in [5.41, 5.74) is 0.930. The molecule has 4 rings (SSSR count). The van der Waals surface area contributed by atoms with Gasteiger partial charge in [-0.15, -0.1) is 0 Å². The van der Waals surface area contributed by atoms with E-state index in [0.717, 1.165) is 24.2 Å². The van der Waals surface area contributed by atoms with Crippen molar-refractivity contribution in [3.05, 3.63) is 99.2 Å². The Kier molecular flexibility index (Phi) is 6.72. The van der Waals surface area contributed by atoms with Crippen LogP contribution in [-0.2, 0) is 17.9 Å². The molecule has 8 nitrogen and oxygen atoms in total. The molecule has 0 aliphatic heterocycles. The number of hydrogen-bond donors (Lipinski definition) is 0. The number of benzene rings is 2. The lowest BCUT2D eigenvalue weighted by molar-refractivity contribution is -0.384. The van der Waals surface area contributed by atoms with Crippen LogP contribution < -0.4 is 0 Å². The van der Waals surface area contributed by atoms with Gasteiger partial charge in [0.15, 0.2) is 0 Å². The van der Waals surface area contributed by atoms with E-state index < -0.39 is 4.92 Å². The maximum absolute atomic E-state index is 13.4. The molecule has 1 aliphatic rings. The summed E-state index contributed by atoms with van der Waals surface area (Å²) in [6, 6.07) is 14.8. The first kappa shape index (κ1) is 23.2. The molecule has 0 radical (unpaired) electrons. The third-order valence-corrected chi connectivity index (χ3v) is 5.66. The number of nitrogens with zero attached hydrogens (tertiary/aromatic N) is 3. The van der Waals surface area contributed by atoms with Crippen molar-refractivity contribution in [2.75, 3.05) is 6.54 Å². The van der Waals surface area contributed by atoms with Gasteiger partial charge in [0.25, 0.3) is 11.6 Å². The second kappa shape index (κ2) is 9.86. The van der Waals surface area contributed by atoms with Gasteiger partial charge in [-0.3, -0.25) is 19.7 Å². The predicted octanol–water partition coefficient (Wildman–Crippen LogP) is 4.47. The summed E-state index contributed by atoms with van der Waals surface area (Å²) in [5.74, 6) is 0.337. The molecule has 0 N–H and O–H groups in total. The fourth-order valence-corrected chi connectivity index (χ4v) is 3.69. The molecule has 1 aromatic heterocycles. The average Bonchev–Trinajstić information content (AvgIpc) is 3.59. The standard InChI is InChI=1S/C25H24FN3O5/c1-17-2-13-23(34-17)15-27(14-18-3-7-20(26)8-4-18)24(30)16-28(21-11-12-21)25(31)19-5-9-22(10-6-19)29(32)33/h2-10,13,21H,11-12,14-16H2,1H3. The van der Waals surface area contributed by atoms with E-state index in [1.807, 2.05) is 13.0 Å². The summed E-state index contributed by atoms with van der Waals surface area (Å²) < 4.78 is 19.0. The molecule has 0 atom stereocenters. The number of amides is 2. The van der Waals surface area contributed by atoms with E-state index in [9.17, 15) is 24.1 Å². The van der Waals surface area contributed by atoms with Gasteiger partial charge in [-0.2, -0.15) is 0 Å². The second-order valence-corrected chi connectivity index (χ2v) is 8.36. The van der Waals surface area contributed by atoms with Crippen molar-refractivity contribution in [1.29, 1.82) is 0 Å². The normalized spacial score (nSPS) is 12.9. The monoisotopic (exact) mass is 465 g/mol. The first-order chi connectivity index (χ1) is 16.3. The first-order valence-electron chi connectivity index (χ1n) is 10.9. The summed E-state index contributed by atoms with van der Waals surface area (Å²) in [7, 11) is 0. The van der Waals surface area contributed by atoms with Crippen LogP contribution in [0.5, 0.6) is 0 Å². The van der Waals surface area contributed by atoms with Crippen LogP contribution >= 0.6 is 0 Å². The van der Waals surface area contributed by atoms with Crippen molar-refractivity contribution in [2.24, 2.45) is 0 Å². The van der Waals surface area contributed by atoms with E-state index in [4.69, 9.17) is 4.42 Å². The van der Waals surface area contributed by atoms with Crippen LogP contribution in [0.1, 0.15) is 40.3 Å². The molecule has 0 bridgehead atoms. The number of aryl methyl sites for hydroxylation is 1. The highest BCUT2D eigenvalue weighted by molar-refractivity contribution is 5.97. The number of carbonyl (C=O) groups excluding carboxylic acids is 2. The number of furan rings is 1. The molecule has 0 spiro atoms. The van der Waals surface area contributed by atoms with Crippen molar-refractivity contribution >= 4 is 17.5 Å². The highest BCUT2D eigenvalue weighted by atomic mass is 19.1. The summed E-state index contributed by atoms with van der Waals surface area (Å²) >= 11 is 0. The second-order valence-electron chi connectivity index (χ2n) is 8.36. The molecular formula is C25H24FN3O5. The Bertz CT molecular complexity index is 1190. The quantitative estimate of drug-likeness (QED) is 0.343. The first-order valence-corrected chi connectivity index (χ1v) is 10.9. The zero-order valence-corrected chi connectivity index (χ0v) is 18.6. The molecule has 0 unspecified atom stereocenters.